The minimum atomic E-state index is -0.105. The second kappa shape index (κ2) is 14.4. The van der Waals surface area contributed by atoms with E-state index in [1.54, 1.807) is 0 Å². The van der Waals surface area contributed by atoms with Gasteiger partial charge in [0, 0.05) is 12.8 Å². The van der Waals surface area contributed by atoms with Crippen molar-refractivity contribution in [1.82, 2.24) is 0 Å². The first-order chi connectivity index (χ1) is 9.70. The van der Waals surface area contributed by atoms with Crippen LogP contribution in [0, 0.1) is 0 Å². The summed E-state index contributed by atoms with van der Waals surface area (Å²) in [5, 5.41) is 0. The molecule has 118 valence electrons. The van der Waals surface area contributed by atoms with Gasteiger partial charge in [0.2, 0.25) is 0 Å². The highest BCUT2D eigenvalue weighted by Gasteiger charge is 2.01. The molecule has 0 aromatic rings. The van der Waals surface area contributed by atoms with Gasteiger partial charge in [-0.1, -0.05) is 44.9 Å². The fraction of sp³-hybridized carbons (Fsp3) is 0.875. The molecule has 0 bridgehead atoms. The predicted molar refractivity (Wildman–Crippen MR) is 79.4 cm³/mol. The third kappa shape index (κ3) is 13.4. The number of methoxy groups -OCH3 is 1. The maximum Gasteiger partial charge on any atom is 0.305 e. The van der Waals surface area contributed by atoms with E-state index >= 15 is 0 Å². The zero-order valence-electron chi connectivity index (χ0n) is 13.1. The fourth-order valence-corrected chi connectivity index (χ4v) is 2.11. The SMILES string of the molecule is CCOC(=O)CCCCCCCCCCCC(=O)OC. The highest BCUT2D eigenvalue weighted by molar-refractivity contribution is 5.69. The lowest BCUT2D eigenvalue weighted by Crippen LogP contribution is -2.03. The quantitative estimate of drug-likeness (QED) is 0.379. The lowest BCUT2D eigenvalue weighted by atomic mass is 10.1. The van der Waals surface area contributed by atoms with Crippen LogP contribution < -0.4 is 0 Å². The summed E-state index contributed by atoms with van der Waals surface area (Å²) >= 11 is 0. The van der Waals surface area contributed by atoms with Crippen LogP contribution in [0.25, 0.3) is 0 Å². The first kappa shape index (κ1) is 18.9. The summed E-state index contributed by atoms with van der Waals surface area (Å²) in [6, 6.07) is 0. The maximum absolute atomic E-state index is 11.1. The molecule has 0 amide bonds. The van der Waals surface area contributed by atoms with Crippen LogP contribution in [0.5, 0.6) is 0 Å². The Kier molecular flexibility index (Phi) is 13.6. The number of hydrogen-bond acceptors (Lipinski definition) is 4. The lowest BCUT2D eigenvalue weighted by molar-refractivity contribution is -0.143. The number of carbonyl (C=O) groups excluding carboxylic acids is 2. The van der Waals surface area contributed by atoms with Crippen molar-refractivity contribution in [2.45, 2.75) is 77.6 Å². The molecule has 0 fully saturated rings. The zero-order valence-corrected chi connectivity index (χ0v) is 13.1. The molecule has 0 unspecified atom stereocenters. The summed E-state index contributed by atoms with van der Waals surface area (Å²) < 4.78 is 9.47. The van der Waals surface area contributed by atoms with Crippen molar-refractivity contribution in [2.24, 2.45) is 0 Å². The smallest absolute Gasteiger partial charge is 0.305 e. The Balaban J connectivity index is 3.10. The third-order valence-corrected chi connectivity index (χ3v) is 3.29. The van der Waals surface area contributed by atoms with Gasteiger partial charge in [0.15, 0.2) is 0 Å². The van der Waals surface area contributed by atoms with Gasteiger partial charge in [-0.3, -0.25) is 9.59 Å². The lowest BCUT2D eigenvalue weighted by Gasteiger charge is -2.03. The van der Waals surface area contributed by atoms with Crippen molar-refractivity contribution >= 4 is 11.9 Å². The van der Waals surface area contributed by atoms with E-state index in [0.717, 1.165) is 25.7 Å². The summed E-state index contributed by atoms with van der Waals surface area (Å²) in [6.07, 6.45) is 11.3. The van der Waals surface area contributed by atoms with Crippen LogP contribution in [-0.4, -0.2) is 25.7 Å². The number of unbranched alkanes of at least 4 members (excludes halogenated alkanes) is 8. The Hall–Kier alpha value is -1.06. The van der Waals surface area contributed by atoms with Crippen molar-refractivity contribution in [2.75, 3.05) is 13.7 Å². The van der Waals surface area contributed by atoms with E-state index in [0.29, 0.717) is 19.4 Å². The second-order valence-electron chi connectivity index (χ2n) is 5.06. The highest BCUT2D eigenvalue weighted by Crippen LogP contribution is 2.11. The molecule has 0 radical (unpaired) electrons. The summed E-state index contributed by atoms with van der Waals surface area (Å²) in [6.45, 7) is 2.32. The van der Waals surface area contributed by atoms with Crippen LogP contribution in [0.3, 0.4) is 0 Å². The van der Waals surface area contributed by atoms with Gasteiger partial charge in [-0.05, 0) is 19.8 Å². The number of ether oxygens (including phenoxy) is 2. The molecule has 0 aliphatic heterocycles. The summed E-state index contributed by atoms with van der Waals surface area (Å²) in [4.78, 5) is 22.0. The molecule has 4 heteroatoms. The fourth-order valence-electron chi connectivity index (χ4n) is 2.11. The Morgan fingerprint density at radius 2 is 1.10 bits per heavy atom. The minimum Gasteiger partial charge on any atom is -0.469 e. The molecule has 20 heavy (non-hydrogen) atoms. The standard InChI is InChI=1S/C16H30O4/c1-3-20-16(18)14-12-10-8-6-4-5-7-9-11-13-15(17)19-2/h3-14H2,1-2H3. The minimum absolute atomic E-state index is 0.0712. The first-order valence-electron chi connectivity index (χ1n) is 7.93. The number of rotatable bonds is 13. The molecular weight excluding hydrogens is 256 g/mol. The highest BCUT2D eigenvalue weighted by atomic mass is 16.5. The molecular formula is C16H30O4. The van der Waals surface area contributed by atoms with Crippen LogP contribution >= 0.6 is 0 Å². The van der Waals surface area contributed by atoms with E-state index in [4.69, 9.17) is 4.74 Å². The molecule has 0 N–H and O–H groups in total. The molecule has 0 aliphatic carbocycles. The van der Waals surface area contributed by atoms with Gasteiger partial charge in [0.05, 0.1) is 13.7 Å². The zero-order chi connectivity index (χ0) is 15.1. The van der Waals surface area contributed by atoms with E-state index in [9.17, 15) is 9.59 Å². The van der Waals surface area contributed by atoms with Crippen LogP contribution in [0.1, 0.15) is 77.6 Å². The maximum atomic E-state index is 11.1. The van der Waals surface area contributed by atoms with Gasteiger partial charge in [-0.2, -0.15) is 0 Å². The van der Waals surface area contributed by atoms with Crippen molar-refractivity contribution in [1.29, 1.82) is 0 Å². The number of carbonyl (C=O) groups is 2. The molecule has 0 aromatic carbocycles. The van der Waals surface area contributed by atoms with E-state index < -0.39 is 0 Å². The monoisotopic (exact) mass is 286 g/mol. The molecule has 0 atom stereocenters. The summed E-state index contributed by atoms with van der Waals surface area (Å²) in [5.41, 5.74) is 0. The topological polar surface area (TPSA) is 52.6 Å². The molecule has 4 nitrogen and oxygen atoms in total. The van der Waals surface area contributed by atoms with Gasteiger partial charge in [0.25, 0.3) is 0 Å². The van der Waals surface area contributed by atoms with E-state index in [2.05, 4.69) is 4.74 Å². The van der Waals surface area contributed by atoms with Crippen LogP contribution in [-0.2, 0) is 19.1 Å². The third-order valence-electron chi connectivity index (χ3n) is 3.29. The van der Waals surface area contributed by atoms with Gasteiger partial charge in [-0.15, -0.1) is 0 Å². The summed E-state index contributed by atoms with van der Waals surface area (Å²) in [5.74, 6) is -0.176. The van der Waals surface area contributed by atoms with Crippen LogP contribution in [0.15, 0.2) is 0 Å². The van der Waals surface area contributed by atoms with Gasteiger partial charge >= 0.3 is 11.9 Å². The van der Waals surface area contributed by atoms with Crippen molar-refractivity contribution in [3.8, 4) is 0 Å². The van der Waals surface area contributed by atoms with Gasteiger partial charge < -0.3 is 9.47 Å². The molecule has 0 heterocycles. The van der Waals surface area contributed by atoms with Crippen molar-refractivity contribution in [3.05, 3.63) is 0 Å². The Labute approximate surface area is 123 Å². The van der Waals surface area contributed by atoms with Crippen molar-refractivity contribution in [3.63, 3.8) is 0 Å². The summed E-state index contributed by atoms with van der Waals surface area (Å²) in [7, 11) is 1.43. The van der Waals surface area contributed by atoms with Gasteiger partial charge in [-0.25, -0.2) is 0 Å². The first-order valence-corrected chi connectivity index (χ1v) is 7.93. The molecule has 0 rings (SSSR count). The Morgan fingerprint density at radius 1 is 0.700 bits per heavy atom. The normalized spacial score (nSPS) is 10.3. The van der Waals surface area contributed by atoms with Crippen molar-refractivity contribution < 1.29 is 19.1 Å². The molecule has 0 saturated heterocycles. The number of esters is 2. The number of hydrogen-bond donors (Lipinski definition) is 0. The predicted octanol–water partition coefficient (Wildman–Crippen LogP) is 4.01. The Bertz CT molecular complexity index is 251. The largest absolute Gasteiger partial charge is 0.469 e. The van der Waals surface area contributed by atoms with E-state index in [-0.39, 0.29) is 11.9 Å². The van der Waals surface area contributed by atoms with E-state index in [1.807, 2.05) is 6.92 Å². The molecule has 0 saturated carbocycles. The Morgan fingerprint density at radius 3 is 1.50 bits per heavy atom. The second-order valence-corrected chi connectivity index (χ2v) is 5.06. The van der Waals surface area contributed by atoms with E-state index in [1.165, 1.54) is 39.2 Å². The molecule has 0 spiro atoms. The van der Waals surface area contributed by atoms with Crippen LogP contribution in [0.4, 0.5) is 0 Å². The average molecular weight is 286 g/mol. The molecule has 0 aliphatic rings. The molecule has 0 aromatic heterocycles. The van der Waals surface area contributed by atoms with Crippen LogP contribution in [0.2, 0.25) is 0 Å². The van der Waals surface area contributed by atoms with Gasteiger partial charge in [0.1, 0.15) is 0 Å². The average Bonchev–Trinajstić information content (AvgIpc) is 2.44.